The number of hydrogen-bond acceptors (Lipinski definition) is 4. The van der Waals surface area contributed by atoms with Gasteiger partial charge in [0.25, 0.3) is 11.6 Å². The molecule has 0 saturated carbocycles. The Balaban J connectivity index is 2.13. The second-order valence-electron chi connectivity index (χ2n) is 4.76. The predicted octanol–water partition coefficient (Wildman–Crippen LogP) is 4.34. The summed E-state index contributed by atoms with van der Waals surface area (Å²) in [4.78, 5) is 22.4. The highest BCUT2D eigenvalue weighted by Gasteiger charge is 2.16. The molecule has 0 unspecified atom stereocenters. The van der Waals surface area contributed by atoms with E-state index in [2.05, 4.69) is 10.6 Å². The number of nitro benzene ring substituents is 1. The Hall–Kier alpha value is -2.22. The van der Waals surface area contributed by atoms with Crippen molar-refractivity contribution in [3.8, 4) is 0 Å². The number of rotatable bonds is 3. The van der Waals surface area contributed by atoms with Crippen LogP contribution >= 0.6 is 35.4 Å². The molecule has 2 N–H and O–H groups in total. The van der Waals surface area contributed by atoms with Crippen LogP contribution in [0.25, 0.3) is 0 Å². The third-order valence-corrected chi connectivity index (χ3v) is 3.92. The molecule has 1 amide bonds. The lowest BCUT2D eigenvalue weighted by atomic mass is 10.2. The molecule has 0 atom stereocenters. The lowest BCUT2D eigenvalue weighted by Gasteiger charge is -2.12. The highest BCUT2D eigenvalue weighted by atomic mass is 35.5. The number of amides is 1. The second-order valence-corrected chi connectivity index (χ2v) is 5.99. The highest BCUT2D eigenvalue weighted by Crippen LogP contribution is 2.30. The summed E-state index contributed by atoms with van der Waals surface area (Å²) in [7, 11) is 0. The van der Waals surface area contributed by atoms with Crippen LogP contribution in [0.2, 0.25) is 10.0 Å². The van der Waals surface area contributed by atoms with Crippen LogP contribution in [0.15, 0.2) is 36.4 Å². The van der Waals surface area contributed by atoms with Crippen molar-refractivity contribution >= 4 is 57.8 Å². The van der Waals surface area contributed by atoms with Gasteiger partial charge in [-0.15, -0.1) is 0 Å². The summed E-state index contributed by atoms with van der Waals surface area (Å²) in [5.41, 5.74) is 1.09. The van der Waals surface area contributed by atoms with Gasteiger partial charge in [-0.1, -0.05) is 35.3 Å². The van der Waals surface area contributed by atoms with Gasteiger partial charge >= 0.3 is 0 Å². The standard InChI is InChI=1S/C15H11Cl2N3O3S/c1-8-6-13(20(22)23)11(17)7-12(8)18-15(24)19-14(21)9-4-2-3-5-10(9)16/h2-7H,1H3,(H2,18,19,21,24). The first kappa shape index (κ1) is 18.1. The molecule has 0 aliphatic heterocycles. The second kappa shape index (κ2) is 7.57. The van der Waals surface area contributed by atoms with Crippen LogP contribution in [-0.4, -0.2) is 15.9 Å². The van der Waals surface area contributed by atoms with Crippen molar-refractivity contribution in [2.24, 2.45) is 0 Å². The van der Waals surface area contributed by atoms with Crippen molar-refractivity contribution in [2.75, 3.05) is 5.32 Å². The summed E-state index contributed by atoms with van der Waals surface area (Å²) in [6.07, 6.45) is 0. The van der Waals surface area contributed by atoms with Gasteiger partial charge in [-0.3, -0.25) is 20.2 Å². The van der Waals surface area contributed by atoms with Crippen LogP contribution in [0.3, 0.4) is 0 Å². The Labute approximate surface area is 152 Å². The zero-order valence-corrected chi connectivity index (χ0v) is 14.6. The molecule has 0 saturated heterocycles. The van der Waals surface area contributed by atoms with Gasteiger partial charge in [0.15, 0.2) is 5.11 Å². The normalized spacial score (nSPS) is 10.1. The van der Waals surface area contributed by atoms with Gasteiger partial charge in [-0.25, -0.2) is 0 Å². The molecule has 0 bridgehead atoms. The molecule has 0 aliphatic carbocycles. The average molecular weight is 384 g/mol. The van der Waals surface area contributed by atoms with E-state index in [1.54, 1.807) is 31.2 Å². The number of nitrogens with zero attached hydrogens (tertiary/aromatic N) is 1. The molecule has 2 aromatic rings. The Kier molecular flexibility index (Phi) is 5.71. The Morgan fingerprint density at radius 1 is 1.21 bits per heavy atom. The number of nitro groups is 1. The highest BCUT2D eigenvalue weighted by molar-refractivity contribution is 7.80. The van der Waals surface area contributed by atoms with Gasteiger partial charge in [0, 0.05) is 11.8 Å². The number of halogens is 2. The maximum atomic E-state index is 12.1. The van der Waals surface area contributed by atoms with E-state index in [-0.39, 0.29) is 21.4 Å². The first-order valence-corrected chi connectivity index (χ1v) is 7.77. The monoisotopic (exact) mass is 383 g/mol. The third kappa shape index (κ3) is 4.19. The largest absolute Gasteiger partial charge is 0.332 e. The van der Waals surface area contributed by atoms with Crippen LogP contribution < -0.4 is 10.6 Å². The van der Waals surface area contributed by atoms with Crippen LogP contribution in [0.1, 0.15) is 15.9 Å². The maximum Gasteiger partial charge on any atom is 0.288 e. The van der Waals surface area contributed by atoms with E-state index in [4.69, 9.17) is 35.4 Å². The van der Waals surface area contributed by atoms with E-state index in [1.807, 2.05) is 0 Å². The van der Waals surface area contributed by atoms with Crippen LogP contribution in [0.5, 0.6) is 0 Å². The van der Waals surface area contributed by atoms with Crippen LogP contribution in [0.4, 0.5) is 11.4 Å². The van der Waals surface area contributed by atoms with Crippen LogP contribution in [0, 0.1) is 17.0 Å². The summed E-state index contributed by atoms with van der Waals surface area (Å²) in [6, 6.07) is 9.24. The fourth-order valence-electron chi connectivity index (χ4n) is 1.91. The van der Waals surface area contributed by atoms with Gasteiger partial charge in [0.2, 0.25) is 0 Å². The number of nitrogens with one attached hydrogen (secondary N) is 2. The van der Waals surface area contributed by atoms with Gasteiger partial charge in [0.1, 0.15) is 5.02 Å². The number of carbonyl (C=O) groups is 1. The number of anilines is 1. The summed E-state index contributed by atoms with van der Waals surface area (Å²) in [5.74, 6) is -0.469. The Morgan fingerprint density at radius 3 is 2.50 bits per heavy atom. The number of thiocarbonyl (C=S) groups is 1. The summed E-state index contributed by atoms with van der Waals surface area (Å²) in [5, 5.41) is 16.4. The molecule has 0 heterocycles. The smallest absolute Gasteiger partial charge is 0.288 e. The molecular formula is C15H11Cl2N3O3S. The number of carbonyl (C=O) groups excluding carboxylic acids is 1. The van der Waals surface area contributed by atoms with E-state index < -0.39 is 10.8 Å². The minimum absolute atomic E-state index is 0.0212. The van der Waals surface area contributed by atoms with Crippen molar-refractivity contribution in [1.82, 2.24) is 5.32 Å². The molecule has 124 valence electrons. The van der Waals surface area contributed by atoms with E-state index in [0.29, 0.717) is 16.3 Å². The van der Waals surface area contributed by atoms with E-state index in [9.17, 15) is 14.9 Å². The minimum atomic E-state index is -0.573. The number of hydrogen-bond donors (Lipinski definition) is 2. The Bertz CT molecular complexity index is 843. The lowest BCUT2D eigenvalue weighted by Crippen LogP contribution is -2.34. The van der Waals surface area contributed by atoms with Crippen LogP contribution in [-0.2, 0) is 0 Å². The van der Waals surface area contributed by atoms with Crippen molar-refractivity contribution in [2.45, 2.75) is 6.92 Å². The average Bonchev–Trinajstić information content (AvgIpc) is 2.50. The van der Waals surface area contributed by atoms with Crippen molar-refractivity contribution in [3.63, 3.8) is 0 Å². The third-order valence-electron chi connectivity index (χ3n) is 3.08. The zero-order valence-electron chi connectivity index (χ0n) is 12.3. The zero-order chi connectivity index (χ0) is 17.9. The molecule has 0 fully saturated rings. The minimum Gasteiger partial charge on any atom is -0.332 e. The summed E-state index contributed by atoms with van der Waals surface area (Å²) < 4.78 is 0. The molecule has 0 aliphatic rings. The van der Waals surface area contributed by atoms with Gasteiger partial charge in [-0.2, -0.15) is 0 Å². The molecular weight excluding hydrogens is 373 g/mol. The number of aryl methyl sites for hydroxylation is 1. The topological polar surface area (TPSA) is 84.3 Å². The number of benzene rings is 2. The molecule has 9 heteroatoms. The van der Waals surface area contributed by atoms with E-state index in [1.165, 1.54) is 12.1 Å². The SMILES string of the molecule is Cc1cc([N+](=O)[O-])c(Cl)cc1NC(=S)NC(=O)c1ccccc1Cl. The molecule has 0 radical (unpaired) electrons. The lowest BCUT2D eigenvalue weighted by molar-refractivity contribution is -0.384. The summed E-state index contributed by atoms with van der Waals surface area (Å²) in [6.45, 7) is 1.66. The molecule has 2 rings (SSSR count). The quantitative estimate of drug-likeness (QED) is 0.467. The summed E-state index contributed by atoms with van der Waals surface area (Å²) >= 11 is 16.9. The molecule has 24 heavy (non-hydrogen) atoms. The first-order chi connectivity index (χ1) is 11.3. The van der Waals surface area contributed by atoms with Gasteiger partial charge in [0.05, 0.1) is 15.5 Å². The van der Waals surface area contributed by atoms with Crippen molar-refractivity contribution in [1.29, 1.82) is 0 Å². The first-order valence-electron chi connectivity index (χ1n) is 6.61. The molecule has 2 aromatic carbocycles. The van der Waals surface area contributed by atoms with Crippen molar-refractivity contribution < 1.29 is 9.72 Å². The van der Waals surface area contributed by atoms with E-state index in [0.717, 1.165) is 0 Å². The fraction of sp³-hybridized carbons (Fsp3) is 0.0667. The maximum absolute atomic E-state index is 12.1. The predicted molar refractivity (Wildman–Crippen MR) is 98.0 cm³/mol. The molecule has 0 spiro atoms. The van der Waals surface area contributed by atoms with Gasteiger partial charge in [-0.05, 0) is 42.9 Å². The Morgan fingerprint density at radius 2 is 1.88 bits per heavy atom. The van der Waals surface area contributed by atoms with E-state index >= 15 is 0 Å². The fourth-order valence-corrected chi connectivity index (χ4v) is 2.57. The molecule has 6 nitrogen and oxygen atoms in total. The molecule has 0 aromatic heterocycles. The van der Waals surface area contributed by atoms with Gasteiger partial charge < -0.3 is 5.32 Å². The van der Waals surface area contributed by atoms with Crippen molar-refractivity contribution in [3.05, 3.63) is 67.7 Å².